The molecule has 1 saturated heterocycles. The van der Waals surface area contributed by atoms with Gasteiger partial charge in [-0.3, -0.25) is 10.2 Å². The number of carbonyl (C=O) groups is 1. The van der Waals surface area contributed by atoms with Crippen molar-refractivity contribution in [1.82, 2.24) is 4.90 Å². The molecule has 1 amide bonds. The summed E-state index contributed by atoms with van der Waals surface area (Å²) in [5.74, 6) is 0.561. The largest absolute Gasteiger partial charge is 0.369 e. The van der Waals surface area contributed by atoms with Crippen LogP contribution in [-0.4, -0.2) is 35.5 Å². The van der Waals surface area contributed by atoms with Crippen molar-refractivity contribution >= 4 is 36.8 Å². The summed E-state index contributed by atoms with van der Waals surface area (Å²) >= 11 is 4.02. The second kappa shape index (κ2) is 6.14. The summed E-state index contributed by atoms with van der Waals surface area (Å²) in [6.07, 6.45) is 1.79. The minimum Gasteiger partial charge on any atom is -0.369 e. The van der Waals surface area contributed by atoms with Gasteiger partial charge in [-0.2, -0.15) is 12.6 Å². The van der Waals surface area contributed by atoms with Crippen molar-refractivity contribution in [2.45, 2.75) is 12.8 Å². The normalized spacial score (nSPS) is 21.2. The first kappa shape index (κ1) is 13.6. The molecule has 1 aliphatic rings. The highest BCUT2D eigenvalue weighted by molar-refractivity contribution is 7.81. The minimum absolute atomic E-state index is 0. The minimum atomic E-state index is -0.253. The molecule has 1 atom stereocenters. The highest BCUT2D eigenvalue weighted by Gasteiger charge is 2.24. The van der Waals surface area contributed by atoms with Gasteiger partial charge < -0.3 is 10.6 Å². The van der Waals surface area contributed by atoms with E-state index in [1.807, 2.05) is 4.90 Å². The van der Waals surface area contributed by atoms with Crippen molar-refractivity contribution in [3.05, 3.63) is 0 Å². The van der Waals surface area contributed by atoms with Crippen LogP contribution >= 0.6 is 25.0 Å². The van der Waals surface area contributed by atoms with E-state index in [-0.39, 0.29) is 24.2 Å². The lowest BCUT2D eigenvalue weighted by molar-refractivity contribution is -0.122. The zero-order valence-electron chi connectivity index (χ0n) is 7.90. The third-order valence-corrected chi connectivity index (χ3v) is 2.65. The monoisotopic (exact) mass is 237 g/mol. The van der Waals surface area contributed by atoms with E-state index in [0.717, 1.165) is 19.4 Å². The molecule has 4 nitrogen and oxygen atoms in total. The number of carbonyl (C=O) groups excluding carboxylic acids is 1. The van der Waals surface area contributed by atoms with Crippen molar-refractivity contribution in [2.24, 2.45) is 11.7 Å². The summed E-state index contributed by atoms with van der Waals surface area (Å²) in [6, 6.07) is 0. The number of likely N-dealkylation sites (tertiary alicyclic amines) is 1. The highest BCUT2D eigenvalue weighted by Crippen LogP contribution is 2.16. The van der Waals surface area contributed by atoms with Crippen LogP contribution in [0.15, 0.2) is 0 Å². The van der Waals surface area contributed by atoms with Gasteiger partial charge >= 0.3 is 0 Å². The predicted octanol–water partition coefficient (Wildman–Crippen LogP) is 0.513. The van der Waals surface area contributed by atoms with Crippen molar-refractivity contribution < 1.29 is 4.79 Å². The van der Waals surface area contributed by atoms with Crippen LogP contribution in [0.2, 0.25) is 0 Å². The van der Waals surface area contributed by atoms with Crippen molar-refractivity contribution in [3.63, 3.8) is 0 Å². The van der Waals surface area contributed by atoms with Gasteiger partial charge in [-0.05, 0) is 12.8 Å². The number of hydrogen-bond donors (Lipinski definition) is 3. The number of rotatable bonds is 2. The number of piperidine rings is 1. The second-order valence-corrected chi connectivity index (χ2v) is 3.61. The molecule has 0 aliphatic carbocycles. The molecule has 0 radical (unpaired) electrons. The molecule has 0 spiro atoms. The van der Waals surface area contributed by atoms with E-state index >= 15 is 0 Å². The molecule has 14 heavy (non-hydrogen) atoms. The maximum Gasteiger partial charge on any atom is 0.222 e. The Morgan fingerprint density at radius 3 is 2.79 bits per heavy atom. The summed E-state index contributed by atoms with van der Waals surface area (Å²) in [7, 11) is 0. The summed E-state index contributed by atoms with van der Waals surface area (Å²) in [5, 5.41) is 7.56. The molecular formula is C8H16ClN3OS. The fraction of sp³-hybridized carbons (Fsp3) is 0.750. The number of primary amides is 1. The molecule has 0 aromatic heterocycles. The number of amidine groups is 1. The van der Waals surface area contributed by atoms with E-state index in [1.165, 1.54) is 0 Å². The average molecular weight is 238 g/mol. The Kier molecular flexibility index (Phi) is 5.95. The lowest BCUT2D eigenvalue weighted by Crippen LogP contribution is -2.44. The molecule has 3 N–H and O–H groups in total. The van der Waals surface area contributed by atoms with Gasteiger partial charge in [-0.15, -0.1) is 12.4 Å². The molecule has 1 aliphatic heterocycles. The summed E-state index contributed by atoms with van der Waals surface area (Å²) < 4.78 is 0. The van der Waals surface area contributed by atoms with E-state index in [9.17, 15) is 4.79 Å². The first-order valence-electron chi connectivity index (χ1n) is 4.37. The van der Waals surface area contributed by atoms with Crippen LogP contribution in [0, 0.1) is 11.3 Å². The SMILES string of the molecule is Cl.N=C(CS)N1CCCC(C(N)=O)C1. The number of thiol groups is 1. The number of halogens is 1. The fourth-order valence-corrected chi connectivity index (χ4v) is 1.75. The van der Waals surface area contributed by atoms with E-state index in [0.29, 0.717) is 18.1 Å². The summed E-state index contributed by atoms with van der Waals surface area (Å²) in [4.78, 5) is 12.8. The molecule has 1 fully saturated rings. The third kappa shape index (κ3) is 3.38. The number of nitrogens with two attached hydrogens (primary N) is 1. The van der Waals surface area contributed by atoms with Gasteiger partial charge in [0.1, 0.15) is 5.84 Å². The topological polar surface area (TPSA) is 70.2 Å². The van der Waals surface area contributed by atoms with Crippen LogP contribution in [0.3, 0.4) is 0 Å². The van der Waals surface area contributed by atoms with Crippen LogP contribution < -0.4 is 5.73 Å². The van der Waals surface area contributed by atoms with Crippen molar-refractivity contribution in [1.29, 1.82) is 5.41 Å². The van der Waals surface area contributed by atoms with Crippen LogP contribution in [0.4, 0.5) is 0 Å². The second-order valence-electron chi connectivity index (χ2n) is 3.29. The molecule has 1 rings (SSSR count). The van der Waals surface area contributed by atoms with Crippen molar-refractivity contribution in [3.8, 4) is 0 Å². The number of hydrogen-bond acceptors (Lipinski definition) is 3. The lowest BCUT2D eigenvalue weighted by atomic mass is 9.97. The molecule has 1 unspecified atom stereocenters. The maximum absolute atomic E-state index is 10.9. The zero-order chi connectivity index (χ0) is 9.84. The molecular weight excluding hydrogens is 222 g/mol. The Morgan fingerprint density at radius 2 is 2.29 bits per heavy atom. The summed E-state index contributed by atoms with van der Waals surface area (Å²) in [5.41, 5.74) is 5.22. The number of nitrogens with zero attached hydrogens (tertiary/aromatic N) is 1. The predicted molar refractivity (Wildman–Crippen MR) is 62.3 cm³/mol. The Bertz CT molecular complexity index is 225. The van der Waals surface area contributed by atoms with Crippen LogP contribution in [0.25, 0.3) is 0 Å². The van der Waals surface area contributed by atoms with Gasteiger partial charge in [0.2, 0.25) is 5.91 Å². The lowest BCUT2D eigenvalue weighted by Gasteiger charge is -2.32. The van der Waals surface area contributed by atoms with Crippen LogP contribution in [0.5, 0.6) is 0 Å². The Morgan fingerprint density at radius 1 is 1.64 bits per heavy atom. The Hall–Kier alpha value is -0.420. The van der Waals surface area contributed by atoms with Crippen molar-refractivity contribution in [2.75, 3.05) is 18.8 Å². The molecule has 1 heterocycles. The molecule has 0 aromatic rings. The van der Waals surface area contributed by atoms with Gasteiger partial charge in [0.15, 0.2) is 0 Å². The average Bonchev–Trinajstić information content (AvgIpc) is 2.17. The van der Waals surface area contributed by atoms with Gasteiger partial charge in [0, 0.05) is 18.8 Å². The van der Waals surface area contributed by atoms with E-state index in [2.05, 4.69) is 12.6 Å². The zero-order valence-corrected chi connectivity index (χ0v) is 9.61. The van der Waals surface area contributed by atoms with E-state index in [1.54, 1.807) is 0 Å². The van der Waals surface area contributed by atoms with Gasteiger partial charge in [0.25, 0.3) is 0 Å². The van der Waals surface area contributed by atoms with Gasteiger partial charge in [-0.1, -0.05) is 0 Å². The van der Waals surface area contributed by atoms with E-state index in [4.69, 9.17) is 11.1 Å². The third-order valence-electron chi connectivity index (χ3n) is 2.36. The molecule has 0 bridgehead atoms. The highest BCUT2D eigenvalue weighted by atomic mass is 35.5. The smallest absolute Gasteiger partial charge is 0.222 e. The number of amides is 1. The maximum atomic E-state index is 10.9. The Labute approximate surface area is 95.5 Å². The first-order valence-corrected chi connectivity index (χ1v) is 5.01. The molecule has 6 heteroatoms. The van der Waals surface area contributed by atoms with Crippen LogP contribution in [0.1, 0.15) is 12.8 Å². The summed E-state index contributed by atoms with van der Waals surface area (Å²) in [6.45, 7) is 1.44. The fourth-order valence-electron chi connectivity index (χ4n) is 1.55. The first-order chi connectivity index (χ1) is 6.15. The quantitative estimate of drug-likeness (QED) is 0.372. The Balaban J connectivity index is 0.00000169. The molecule has 0 aromatic carbocycles. The van der Waals surface area contributed by atoms with Crippen LogP contribution in [-0.2, 0) is 4.79 Å². The van der Waals surface area contributed by atoms with E-state index < -0.39 is 0 Å². The van der Waals surface area contributed by atoms with Gasteiger partial charge in [0.05, 0.1) is 5.92 Å². The molecule has 82 valence electrons. The standard InChI is InChI=1S/C8H15N3OS.ClH/c9-7(5-13)11-3-1-2-6(4-11)8(10)12;/h6,9,13H,1-5H2,(H2,10,12);1H. The molecule has 0 saturated carbocycles. The number of nitrogens with one attached hydrogen (secondary N) is 1. The van der Waals surface area contributed by atoms with Gasteiger partial charge in [-0.25, -0.2) is 0 Å².